The van der Waals surface area contributed by atoms with Crippen LogP contribution in [0.4, 0.5) is 0 Å². The second kappa shape index (κ2) is 7.42. The predicted octanol–water partition coefficient (Wildman–Crippen LogP) is 2.32. The van der Waals surface area contributed by atoms with Gasteiger partial charge >= 0.3 is 5.63 Å². The lowest BCUT2D eigenvalue weighted by Crippen LogP contribution is -2.34. The maximum absolute atomic E-state index is 12.3. The summed E-state index contributed by atoms with van der Waals surface area (Å²) in [5.74, 6) is 1.62. The standard InChI is InChI=1S/C19H21NO5/c1-13-5-3-4-6-17(13)23-12-18(21)20-8-7-15(11-20)25-16-9-14(2)24-19(22)10-16/h3-6,9-10,15H,7-8,11-12H2,1-2H3/t15-/m0/s1. The molecule has 2 heterocycles. The molecule has 1 atom stereocenters. The van der Waals surface area contributed by atoms with Crippen molar-refractivity contribution < 1.29 is 18.7 Å². The van der Waals surface area contributed by atoms with Gasteiger partial charge in [-0.3, -0.25) is 4.79 Å². The van der Waals surface area contributed by atoms with Crippen LogP contribution < -0.4 is 15.1 Å². The van der Waals surface area contributed by atoms with Gasteiger partial charge in [-0.25, -0.2) is 4.79 Å². The monoisotopic (exact) mass is 343 g/mol. The number of nitrogens with zero attached hydrogens (tertiary/aromatic N) is 1. The number of carbonyl (C=O) groups excluding carboxylic acids is 1. The lowest BCUT2D eigenvalue weighted by atomic mass is 10.2. The van der Waals surface area contributed by atoms with E-state index in [1.807, 2.05) is 31.2 Å². The summed E-state index contributed by atoms with van der Waals surface area (Å²) < 4.78 is 16.3. The minimum absolute atomic E-state index is 0.00556. The molecule has 0 radical (unpaired) electrons. The van der Waals surface area contributed by atoms with Crippen molar-refractivity contribution in [2.24, 2.45) is 0 Å². The van der Waals surface area contributed by atoms with E-state index in [4.69, 9.17) is 13.9 Å². The normalized spacial score (nSPS) is 16.7. The van der Waals surface area contributed by atoms with E-state index in [-0.39, 0.29) is 18.6 Å². The second-order valence-electron chi connectivity index (χ2n) is 6.15. The van der Waals surface area contributed by atoms with Gasteiger partial charge in [0, 0.05) is 19.0 Å². The molecule has 1 aliphatic rings. The Balaban J connectivity index is 1.52. The predicted molar refractivity (Wildman–Crippen MR) is 92.0 cm³/mol. The fraction of sp³-hybridized carbons (Fsp3) is 0.368. The molecule has 0 unspecified atom stereocenters. The summed E-state index contributed by atoms with van der Waals surface area (Å²) in [4.78, 5) is 25.4. The van der Waals surface area contributed by atoms with Crippen molar-refractivity contribution in [2.45, 2.75) is 26.4 Å². The van der Waals surface area contributed by atoms with Gasteiger partial charge in [0.05, 0.1) is 12.6 Å². The average Bonchev–Trinajstić information content (AvgIpc) is 3.01. The minimum Gasteiger partial charge on any atom is -0.488 e. The zero-order valence-electron chi connectivity index (χ0n) is 14.4. The number of amides is 1. The van der Waals surface area contributed by atoms with Gasteiger partial charge < -0.3 is 18.8 Å². The number of hydrogen-bond acceptors (Lipinski definition) is 5. The molecule has 0 bridgehead atoms. The number of rotatable bonds is 5. The van der Waals surface area contributed by atoms with Crippen molar-refractivity contribution in [2.75, 3.05) is 19.7 Å². The van der Waals surface area contributed by atoms with Crippen LogP contribution in [0.1, 0.15) is 17.7 Å². The first-order valence-corrected chi connectivity index (χ1v) is 8.26. The highest BCUT2D eigenvalue weighted by molar-refractivity contribution is 5.78. The van der Waals surface area contributed by atoms with E-state index in [1.165, 1.54) is 6.07 Å². The Hall–Kier alpha value is -2.76. The molecule has 1 amide bonds. The first-order valence-electron chi connectivity index (χ1n) is 8.26. The molecule has 1 aliphatic heterocycles. The van der Waals surface area contributed by atoms with E-state index in [9.17, 15) is 9.59 Å². The molecule has 0 N–H and O–H groups in total. The fourth-order valence-electron chi connectivity index (χ4n) is 2.84. The molecule has 25 heavy (non-hydrogen) atoms. The molecule has 3 rings (SSSR count). The van der Waals surface area contributed by atoms with Crippen LogP contribution in [0.3, 0.4) is 0 Å². The van der Waals surface area contributed by atoms with E-state index in [0.29, 0.717) is 30.3 Å². The molecule has 132 valence electrons. The summed E-state index contributed by atoms with van der Waals surface area (Å²) >= 11 is 0. The number of ether oxygens (including phenoxy) is 2. The van der Waals surface area contributed by atoms with Crippen LogP contribution in [0, 0.1) is 13.8 Å². The zero-order valence-corrected chi connectivity index (χ0v) is 14.4. The summed E-state index contributed by atoms with van der Waals surface area (Å²) in [7, 11) is 0. The highest BCUT2D eigenvalue weighted by atomic mass is 16.5. The van der Waals surface area contributed by atoms with E-state index < -0.39 is 5.63 Å². The number of carbonyl (C=O) groups is 1. The van der Waals surface area contributed by atoms with Crippen LogP contribution >= 0.6 is 0 Å². The Morgan fingerprint density at radius 2 is 2.08 bits per heavy atom. The van der Waals surface area contributed by atoms with Gasteiger partial charge in [0.15, 0.2) is 6.61 Å². The van der Waals surface area contributed by atoms with Crippen LogP contribution in [0.15, 0.2) is 45.6 Å². The van der Waals surface area contributed by atoms with Crippen LogP contribution in [0.25, 0.3) is 0 Å². The maximum atomic E-state index is 12.3. The lowest BCUT2D eigenvalue weighted by molar-refractivity contribution is -0.132. The molecular weight excluding hydrogens is 322 g/mol. The molecule has 1 saturated heterocycles. The molecular formula is C19H21NO5. The molecule has 1 aromatic carbocycles. The van der Waals surface area contributed by atoms with E-state index >= 15 is 0 Å². The number of hydrogen-bond donors (Lipinski definition) is 0. The Morgan fingerprint density at radius 3 is 2.84 bits per heavy atom. The number of aryl methyl sites for hydroxylation is 2. The third-order valence-electron chi connectivity index (χ3n) is 4.11. The van der Waals surface area contributed by atoms with Gasteiger partial charge in [-0.2, -0.15) is 0 Å². The van der Waals surface area contributed by atoms with Gasteiger partial charge in [-0.05, 0) is 25.5 Å². The average molecular weight is 343 g/mol. The topological polar surface area (TPSA) is 69.0 Å². The number of likely N-dealkylation sites (tertiary alicyclic amines) is 1. The SMILES string of the molecule is Cc1cc(O[C@H]2CCN(C(=O)COc3ccccc3C)C2)cc(=O)o1. The molecule has 1 aromatic heterocycles. The third kappa shape index (κ3) is 4.41. The van der Waals surface area contributed by atoms with Gasteiger partial charge in [-0.1, -0.05) is 18.2 Å². The molecule has 0 saturated carbocycles. The van der Waals surface area contributed by atoms with Crippen molar-refractivity contribution in [1.82, 2.24) is 4.90 Å². The second-order valence-corrected chi connectivity index (χ2v) is 6.15. The Labute approximate surface area is 146 Å². The molecule has 6 nitrogen and oxygen atoms in total. The Bertz CT molecular complexity index is 813. The fourth-order valence-corrected chi connectivity index (χ4v) is 2.84. The third-order valence-corrected chi connectivity index (χ3v) is 4.11. The minimum atomic E-state index is -0.437. The van der Waals surface area contributed by atoms with Gasteiger partial charge in [0.2, 0.25) is 0 Å². The molecule has 6 heteroatoms. The molecule has 0 spiro atoms. The van der Waals surface area contributed by atoms with E-state index in [0.717, 1.165) is 12.0 Å². The van der Waals surface area contributed by atoms with Crippen molar-refractivity contribution in [3.63, 3.8) is 0 Å². The van der Waals surface area contributed by atoms with Gasteiger partial charge in [-0.15, -0.1) is 0 Å². The summed E-state index contributed by atoms with van der Waals surface area (Å²) in [5, 5.41) is 0. The van der Waals surface area contributed by atoms with Crippen LogP contribution in [-0.4, -0.2) is 36.6 Å². The lowest BCUT2D eigenvalue weighted by Gasteiger charge is -2.18. The van der Waals surface area contributed by atoms with Crippen LogP contribution in [0.5, 0.6) is 11.5 Å². The first kappa shape index (κ1) is 17.1. The smallest absolute Gasteiger partial charge is 0.339 e. The maximum Gasteiger partial charge on any atom is 0.339 e. The quantitative estimate of drug-likeness (QED) is 0.833. The summed E-state index contributed by atoms with van der Waals surface area (Å²) in [6.45, 7) is 4.74. The van der Waals surface area contributed by atoms with Crippen molar-refractivity contribution in [3.8, 4) is 11.5 Å². The Kier molecular flexibility index (Phi) is 5.07. The van der Waals surface area contributed by atoms with E-state index in [1.54, 1.807) is 17.9 Å². The van der Waals surface area contributed by atoms with Crippen LogP contribution in [-0.2, 0) is 4.79 Å². The molecule has 0 aliphatic carbocycles. The van der Waals surface area contributed by atoms with Crippen molar-refractivity contribution in [3.05, 3.63) is 58.1 Å². The van der Waals surface area contributed by atoms with Crippen molar-refractivity contribution >= 4 is 5.91 Å². The Morgan fingerprint density at radius 1 is 1.28 bits per heavy atom. The highest BCUT2D eigenvalue weighted by Gasteiger charge is 2.28. The summed E-state index contributed by atoms with van der Waals surface area (Å²) in [6.07, 6.45) is 0.582. The number of para-hydroxylation sites is 1. The number of benzene rings is 1. The summed E-state index contributed by atoms with van der Waals surface area (Å²) in [6, 6.07) is 10.6. The first-order chi connectivity index (χ1) is 12.0. The van der Waals surface area contributed by atoms with E-state index in [2.05, 4.69) is 0 Å². The largest absolute Gasteiger partial charge is 0.488 e. The zero-order chi connectivity index (χ0) is 17.8. The van der Waals surface area contributed by atoms with Crippen molar-refractivity contribution in [1.29, 1.82) is 0 Å². The van der Waals surface area contributed by atoms with Gasteiger partial charge in [0.1, 0.15) is 23.4 Å². The van der Waals surface area contributed by atoms with Gasteiger partial charge in [0.25, 0.3) is 5.91 Å². The molecule has 2 aromatic rings. The highest BCUT2D eigenvalue weighted by Crippen LogP contribution is 2.19. The van der Waals surface area contributed by atoms with Crippen LogP contribution in [0.2, 0.25) is 0 Å². The summed E-state index contributed by atoms with van der Waals surface area (Å²) in [5.41, 5.74) is 0.559. The molecule has 1 fully saturated rings.